The lowest BCUT2D eigenvalue weighted by atomic mass is 10.1. The van der Waals surface area contributed by atoms with Crippen LogP contribution in [0.3, 0.4) is 0 Å². The highest BCUT2D eigenvalue weighted by molar-refractivity contribution is 14.0. The predicted molar refractivity (Wildman–Crippen MR) is 130 cm³/mol. The summed E-state index contributed by atoms with van der Waals surface area (Å²) in [6.45, 7) is 3.82. The van der Waals surface area contributed by atoms with Crippen LogP contribution in [-0.4, -0.2) is 68.5 Å². The quantitative estimate of drug-likeness (QED) is 0.354. The Labute approximate surface area is 198 Å². The van der Waals surface area contributed by atoms with Crippen molar-refractivity contribution in [3.8, 4) is 16.3 Å². The van der Waals surface area contributed by atoms with Crippen LogP contribution in [-0.2, 0) is 16.0 Å². The summed E-state index contributed by atoms with van der Waals surface area (Å²) in [4.78, 5) is 11.5. The Kier molecular flexibility index (Phi) is 8.72. The van der Waals surface area contributed by atoms with Gasteiger partial charge in [-0.05, 0) is 37.1 Å². The number of methoxy groups -OCH3 is 1. The Morgan fingerprint density at radius 2 is 2.07 bits per heavy atom. The minimum atomic E-state index is 0. The maximum absolute atomic E-state index is 5.95. The Bertz CT molecular complexity index is 824. The smallest absolute Gasteiger partial charge is 0.194 e. The number of nitrogens with zero attached hydrogens (tertiary/aromatic N) is 3. The number of hydrogen-bond acceptors (Lipinski definition) is 6. The van der Waals surface area contributed by atoms with Crippen LogP contribution >= 0.6 is 35.3 Å². The van der Waals surface area contributed by atoms with E-state index in [9.17, 15) is 0 Å². The normalized spacial score (nSPS) is 21.9. The number of benzene rings is 1. The number of morpholine rings is 1. The van der Waals surface area contributed by atoms with Crippen molar-refractivity contribution in [1.82, 2.24) is 15.2 Å². The summed E-state index contributed by atoms with van der Waals surface area (Å²) in [5.74, 6) is 1.73. The molecule has 30 heavy (non-hydrogen) atoms. The number of halogens is 1. The van der Waals surface area contributed by atoms with Crippen LogP contribution < -0.4 is 10.1 Å². The lowest BCUT2D eigenvalue weighted by molar-refractivity contribution is -0.0817. The van der Waals surface area contributed by atoms with Gasteiger partial charge in [-0.2, -0.15) is 0 Å². The number of rotatable bonds is 5. The molecule has 3 heterocycles. The highest BCUT2D eigenvalue weighted by atomic mass is 127. The largest absolute Gasteiger partial charge is 0.497 e. The van der Waals surface area contributed by atoms with Crippen molar-refractivity contribution in [2.45, 2.75) is 31.6 Å². The maximum atomic E-state index is 5.95. The molecule has 7 nitrogen and oxygen atoms in total. The topological polar surface area (TPSA) is 68.2 Å². The van der Waals surface area contributed by atoms with Crippen molar-refractivity contribution in [2.75, 3.05) is 40.5 Å². The molecule has 1 aromatic carbocycles. The van der Waals surface area contributed by atoms with Gasteiger partial charge >= 0.3 is 0 Å². The zero-order valence-electron chi connectivity index (χ0n) is 17.4. The Hall–Kier alpha value is -1.43. The second-order valence-corrected chi connectivity index (χ2v) is 8.04. The molecule has 4 rings (SSSR count). The molecule has 2 aromatic rings. The number of guanidine groups is 1. The van der Waals surface area contributed by atoms with E-state index in [4.69, 9.17) is 19.2 Å². The number of hydrogen-bond donors (Lipinski definition) is 1. The van der Waals surface area contributed by atoms with E-state index in [1.54, 1.807) is 18.4 Å². The Morgan fingerprint density at radius 3 is 2.77 bits per heavy atom. The minimum absolute atomic E-state index is 0. The molecule has 9 heteroatoms. The molecule has 0 spiro atoms. The van der Waals surface area contributed by atoms with Gasteiger partial charge in [-0.25, -0.2) is 4.98 Å². The first-order chi connectivity index (χ1) is 14.3. The lowest BCUT2D eigenvalue weighted by Gasteiger charge is -2.37. The molecule has 1 aromatic heterocycles. The van der Waals surface area contributed by atoms with Crippen LogP contribution in [0, 0.1) is 0 Å². The molecule has 0 amide bonds. The zero-order chi connectivity index (χ0) is 20.1. The summed E-state index contributed by atoms with van der Waals surface area (Å²) in [6.07, 6.45) is 2.53. The van der Waals surface area contributed by atoms with Crippen LogP contribution in [0.25, 0.3) is 10.6 Å². The fraction of sp³-hybridized carbons (Fsp3) is 0.524. The maximum Gasteiger partial charge on any atom is 0.194 e. The molecule has 2 atom stereocenters. The summed E-state index contributed by atoms with van der Waals surface area (Å²) < 4.78 is 17.0. The number of nitrogens with one attached hydrogen (secondary N) is 1. The van der Waals surface area contributed by atoms with Gasteiger partial charge in [0.05, 0.1) is 32.1 Å². The Balaban J connectivity index is 0.00000256. The number of ether oxygens (including phenoxy) is 3. The van der Waals surface area contributed by atoms with Crippen LogP contribution in [0.4, 0.5) is 0 Å². The Morgan fingerprint density at radius 1 is 1.27 bits per heavy atom. The molecular formula is C21H29IN4O3S. The van der Waals surface area contributed by atoms with Gasteiger partial charge in [-0.1, -0.05) is 0 Å². The first-order valence-corrected chi connectivity index (χ1v) is 10.9. The van der Waals surface area contributed by atoms with Gasteiger partial charge in [0.2, 0.25) is 0 Å². The zero-order valence-corrected chi connectivity index (χ0v) is 20.5. The number of aliphatic imine (C=N–C) groups is 1. The van der Waals surface area contributed by atoms with Crippen molar-refractivity contribution < 1.29 is 14.2 Å². The molecule has 1 N–H and O–H groups in total. The summed E-state index contributed by atoms with van der Waals surface area (Å²) in [5, 5.41) is 6.55. The van der Waals surface area contributed by atoms with E-state index in [2.05, 4.69) is 20.6 Å². The summed E-state index contributed by atoms with van der Waals surface area (Å²) >= 11 is 1.65. The van der Waals surface area contributed by atoms with Gasteiger partial charge in [0.15, 0.2) is 5.96 Å². The van der Waals surface area contributed by atoms with Crippen molar-refractivity contribution in [2.24, 2.45) is 4.99 Å². The van der Waals surface area contributed by atoms with Crippen LogP contribution in [0.5, 0.6) is 5.75 Å². The fourth-order valence-electron chi connectivity index (χ4n) is 3.74. The van der Waals surface area contributed by atoms with Gasteiger partial charge in [0, 0.05) is 37.7 Å². The van der Waals surface area contributed by atoms with E-state index in [1.807, 2.05) is 31.3 Å². The highest BCUT2D eigenvalue weighted by Gasteiger charge is 2.32. The molecule has 0 saturated carbocycles. The number of aromatic nitrogens is 1. The number of thiazole rings is 1. The monoisotopic (exact) mass is 544 g/mol. The summed E-state index contributed by atoms with van der Waals surface area (Å²) in [6, 6.07) is 7.98. The standard InChI is InChI=1S/C21H28N4O3S.HI/c1-22-21(25-9-11-28-19(13-25)18-4-3-10-27-18)23-12-16-14-29-20(24-16)15-5-7-17(26-2)8-6-15;/h5-8,14,18-19H,3-4,9-13H2,1-2H3,(H,22,23);1H. The average Bonchev–Trinajstić information content (AvgIpc) is 3.47. The van der Waals surface area contributed by atoms with Gasteiger partial charge in [-0.15, -0.1) is 35.3 Å². The highest BCUT2D eigenvalue weighted by Crippen LogP contribution is 2.26. The van der Waals surface area contributed by atoms with E-state index in [0.717, 1.165) is 60.5 Å². The van der Waals surface area contributed by atoms with Crippen molar-refractivity contribution in [3.05, 3.63) is 35.3 Å². The summed E-state index contributed by atoms with van der Waals surface area (Å²) in [5.41, 5.74) is 2.10. The molecule has 2 aliphatic rings. The summed E-state index contributed by atoms with van der Waals surface area (Å²) in [7, 11) is 3.50. The first kappa shape index (κ1) is 23.2. The van der Waals surface area contributed by atoms with Gasteiger partial charge < -0.3 is 24.4 Å². The molecule has 0 bridgehead atoms. The molecule has 2 fully saturated rings. The third-order valence-corrected chi connectivity index (χ3v) is 6.24. The van der Waals surface area contributed by atoms with E-state index >= 15 is 0 Å². The predicted octanol–water partition coefficient (Wildman–Crippen LogP) is 3.39. The van der Waals surface area contributed by atoms with E-state index in [0.29, 0.717) is 13.2 Å². The third-order valence-electron chi connectivity index (χ3n) is 5.30. The molecule has 0 aliphatic carbocycles. The van der Waals surface area contributed by atoms with Crippen molar-refractivity contribution in [3.63, 3.8) is 0 Å². The molecule has 164 valence electrons. The van der Waals surface area contributed by atoms with Gasteiger partial charge in [0.25, 0.3) is 0 Å². The average molecular weight is 544 g/mol. The minimum Gasteiger partial charge on any atom is -0.497 e. The molecule has 0 radical (unpaired) electrons. The molecule has 2 saturated heterocycles. The molecule has 2 unspecified atom stereocenters. The SMILES string of the molecule is CN=C(NCc1csc(-c2ccc(OC)cc2)n1)N1CCOC(C2CCCO2)C1.I. The van der Waals surface area contributed by atoms with Gasteiger partial charge in [0.1, 0.15) is 16.9 Å². The van der Waals surface area contributed by atoms with Crippen LogP contribution in [0.1, 0.15) is 18.5 Å². The fourth-order valence-corrected chi connectivity index (χ4v) is 4.57. The molecular weight excluding hydrogens is 515 g/mol. The van der Waals surface area contributed by atoms with Gasteiger partial charge in [-0.3, -0.25) is 4.99 Å². The van der Waals surface area contributed by atoms with E-state index in [-0.39, 0.29) is 36.2 Å². The molecule has 2 aliphatic heterocycles. The third kappa shape index (κ3) is 5.63. The van der Waals surface area contributed by atoms with Crippen LogP contribution in [0.15, 0.2) is 34.6 Å². The lowest BCUT2D eigenvalue weighted by Crippen LogP contribution is -2.53. The van der Waals surface area contributed by atoms with Crippen molar-refractivity contribution >= 4 is 41.3 Å². The van der Waals surface area contributed by atoms with E-state index in [1.165, 1.54) is 0 Å². The van der Waals surface area contributed by atoms with Crippen molar-refractivity contribution in [1.29, 1.82) is 0 Å². The first-order valence-electron chi connectivity index (χ1n) is 10.0. The van der Waals surface area contributed by atoms with Crippen LogP contribution in [0.2, 0.25) is 0 Å². The second kappa shape index (κ2) is 11.3. The van der Waals surface area contributed by atoms with E-state index < -0.39 is 0 Å². The second-order valence-electron chi connectivity index (χ2n) is 7.18.